The number of likely N-dealkylation sites (tertiary alicyclic amines) is 4. The zero-order chi connectivity index (χ0) is 91.9. The minimum Gasteiger partial charge on any atom is -0.449 e. The summed E-state index contributed by atoms with van der Waals surface area (Å²) in [5.41, 5.74) is 7.03. The molecule has 0 N–H and O–H groups in total. The average Bonchev–Trinajstić information content (AvgIpc) is 0.808. The topological polar surface area (TPSA) is 179 Å². The largest absolute Gasteiger partial charge is 0.449 e. The molecule has 0 saturated carbocycles. The van der Waals surface area contributed by atoms with Gasteiger partial charge in [0.15, 0.2) is 0 Å². The van der Waals surface area contributed by atoms with E-state index < -0.39 is 5.43 Å². The van der Waals surface area contributed by atoms with Crippen molar-refractivity contribution < 1.29 is 67.9 Å². The second kappa shape index (κ2) is 55.7. The first-order valence-corrected chi connectivity index (χ1v) is 46.7. The number of hydrogen-bond donors (Lipinski definition) is 0. The lowest BCUT2D eigenvalue weighted by molar-refractivity contribution is -0.115. The zero-order valence-electron chi connectivity index (χ0n) is 77.0. The predicted molar refractivity (Wildman–Crippen MR) is 509 cm³/mol. The van der Waals surface area contributed by atoms with Crippen molar-refractivity contribution in [2.24, 2.45) is 0 Å². The third-order valence-electron chi connectivity index (χ3n) is 24.7. The third-order valence-corrected chi connectivity index (χ3v) is 25.9. The molecule has 0 spiro atoms. The molecule has 8 aliphatic rings. The maximum Gasteiger partial charge on any atom is 0.410 e. The SMILES string of the molecule is C=CCOC(=O)Cl.C=CCOC(=O)N1CCC(N2C[C@H](C)OCC2Cc2ccc(Cl)cc2)[C@@H](OC)C1.C=CCOC(=O)N1CCC(N2C[C@H](C)OCC2Cc2ccc(Cl)cc2)[C@H](OC)C1.CO[C@@H]1CN(Cc2ccccc2)CCC1N1C[C@H](C)OCC1Cc1ccc(Cl)cc1.CO[C@H]1CN(Cc2ccccc2)CCC1N1C[C@H](C)OCC1Cc1ccc(Cl)cc1.[2H]CC. The molecule has 8 fully saturated rings. The summed E-state index contributed by atoms with van der Waals surface area (Å²) in [7, 11) is 7.16. The van der Waals surface area contributed by atoms with Gasteiger partial charge in [0, 0.05) is 188 Å². The van der Waals surface area contributed by atoms with Gasteiger partial charge >= 0.3 is 17.6 Å². The molecule has 0 aromatic heterocycles. The van der Waals surface area contributed by atoms with Crippen LogP contribution in [0.4, 0.5) is 14.4 Å². The van der Waals surface area contributed by atoms with Crippen LogP contribution in [0.1, 0.15) is 102 Å². The summed E-state index contributed by atoms with van der Waals surface area (Å²) in [6.07, 6.45) is 12.8. The first-order chi connectivity index (χ1) is 61.9. The number of rotatable bonds is 26. The molecule has 16 atom stereocenters. The fraction of sp³-hybridized carbons (Fsp3) is 0.550. The van der Waals surface area contributed by atoms with Crippen molar-refractivity contribution in [2.75, 3.05) is 153 Å². The van der Waals surface area contributed by atoms with Gasteiger partial charge in [0.1, 0.15) is 19.8 Å². The lowest BCUT2D eigenvalue weighted by Crippen LogP contribution is -2.62. The molecule has 698 valence electrons. The Kier molecular flexibility index (Phi) is 45.0. The van der Waals surface area contributed by atoms with Crippen LogP contribution in [-0.4, -0.2) is 307 Å². The minimum absolute atomic E-state index is 0.0713. The molecule has 0 radical (unpaired) electrons. The van der Waals surface area contributed by atoms with Crippen molar-refractivity contribution in [1.29, 1.82) is 0 Å². The number of piperidine rings is 4. The van der Waals surface area contributed by atoms with Gasteiger partial charge in [-0.3, -0.25) is 29.4 Å². The van der Waals surface area contributed by atoms with Crippen molar-refractivity contribution in [3.8, 4) is 0 Å². The minimum atomic E-state index is -0.792. The van der Waals surface area contributed by atoms with Crippen LogP contribution in [0.5, 0.6) is 0 Å². The van der Waals surface area contributed by atoms with E-state index in [1.54, 1.807) is 43.1 Å². The van der Waals surface area contributed by atoms with Crippen LogP contribution in [0.15, 0.2) is 196 Å². The van der Waals surface area contributed by atoms with E-state index in [4.69, 9.17) is 107 Å². The molecule has 2 amide bonds. The molecular weight excluding hydrogens is 1710 g/mol. The molecule has 27 heteroatoms. The smallest absolute Gasteiger partial charge is 0.410 e. The van der Waals surface area contributed by atoms with Gasteiger partial charge in [-0.25, -0.2) is 14.4 Å². The van der Waals surface area contributed by atoms with Gasteiger partial charge in [0.2, 0.25) is 0 Å². The van der Waals surface area contributed by atoms with E-state index in [1.807, 2.05) is 62.8 Å². The van der Waals surface area contributed by atoms with Gasteiger partial charge in [-0.15, -0.1) is 0 Å². The third kappa shape index (κ3) is 33.6. The Hall–Kier alpha value is -6.56. The van der Waals surface area contributed by atoms with Crippen LogP contribution in [0.2, 0.25) is 20.1 Å². The second-order valence-corrected chi connectivity index (χ2v) is 35.8. The summed E-state index contributed by atoms with van der Waals surface area (Å²) in [6.45, 7) is 36.9. The Morgan fingerprint density at radius 3 is 0.874 bits per heavy atom. The van der Waals surface area contributed by atoms with Gasteiger partial charge in [-0.2, -0.15) is 0 Å². The van der Waals surface area contributed by atoms with Gasteiger partial charge in [0.05, 0.1) is 88.3 Å². The monoisotopic (exact) mass is 1850 g/mol. The molecule has 127 heavy (non-hydrogen) atoms. The van der Waals surface area contributed by atoms with Crippen LogP contribution >= 0.6 is 58.0 Å². The van der Waals surface area contributed by atoms with Crippen LogP contribution < -0.4 is 0 Å². The Labute approximate surface area is 783 Å². The molecule has 14 rings (SSSR count). The highest BCUT2D eigenvalue weighted by molar-refractivity contribution is 6.61. The molecule has 8 aliphatic heterocycles. The van der Waals surface area contributed by atoms with E-state index in [1.165, 1.54) is 39.5 Å². The fourth-order valence-electron chi connectivity index (χ4n) is 18.4. The van der Waals surface area contributed by atoms with E-state index in [2.05, 4.69) is 191 Å². The predicted octanol–water partition coefficient (Wildman–Crippen LogP) is 17.9. The summed E-state index contributed by atoms with van der Waals surface area (Å²) in [5, 5.41) is 3.06. The summed E-state index contributed by atoms with van der Waals surface area (Å²) in [4.78, 5) is 53.1. The number of amides is 2. The number of halogens is 5. The highest BCUT2D eigenvalue weighted by Gasteiger charge is 2.45. The number of carbonyl (C=O) groups excluding carboxylic acids is 3. The van der Waals surface area contributed by atoms with E-state index >= 15 is 0 Å². The van der Waals surface area contributed by atoms with Crippen molar-refractivity contribution in [2.45, 2.75) is 203 Å². The van der Waals surface area contributed by atoms with Crippen molar-refractivity contribution in [1.82, 2.24) is 39.2 Å². The van der Waals surface area contributed by atoms with Crippen LogP contribution in [0.25, 0.3) is 0 Å². The van der Waals surface area contributed by atoms with E-state index in [0.29, 0.717) is 70.5 Å². The first kappa shape index (κ1) is 103. The number of nitrogens with zero attached hydrogens (tertiary/aromatic N) is 8. The van der Waals surface area contributed by atoms with Crippen molar-refractivity contribution in [3.63, 3.8) is 0 Å². The molecule has 6 aromatic rings. The van der Waals surface area contributed by atoms with Crippen molar-refractivity contribution in [3.05, 3.63) is 249 Å². The summed E-state index contributed by atoms with van der Waals surface area (Å²) >= 11 is 29.0. The number of ether oxygens (including phenoxy) is 11. The highest BCUT2D eigenvalue weighted by Crippen LogP contribution is 2.34. The maximum atomic E-state index is 12.2. The normalized spacial score (nSPS) is 26.9. The summed E-state index contributed by atoms with van der Waals surface area (Å²) < 4.78 is 68.6. The van der Waals surface area contributed by atoms with Gasteiger partial charge in [-0.05, 0) is 161 Å². The molecule has 8 saturated heterocycles. The molecule has 22 nitrogen and oxygen atoms in total. The zero-order valence-corrected chi connectivity index (χ0v) is 79.8. The Bertz CT molecular complexity index is 3940. The standard InChI is InChI=1S/2C25H33ClN2O2.2C22H31ClN2O4.C4H5ClO2.C2H6/c2*1-19-15-28(23(18-30-19)14-20-8-10-22(26)11-9-20)24-12-13-27(17-25(24)29-2)16-21-6-4-3-5-7-21;2*1-4-11-28-22(26)24-10-9-20(21(14-24)27-3)25-13-16(2)29-15-19(25)12-17-5-7-18(23)8-6-17;1-2-3-7-4(5)6;1-2/h2*3-11,19,23-25H,12-18H2,1-2H3;2*4-8,16,19-21H,1,9-15H2,2-3H3;2H,1,3H2;1-2H3/t19-,23?,24?,25+;19-,23?,24?,25-;16-,19?,20?,21+;16-,19?,20?,21-;;/m0000../s1/i;;;;;1D. The quantitative estimate of drug-likeness (QED) is 0.0284. The number of morpholine rings is 4. The molecular formula is C100H139Cl5N8O14. The van der Waals surface area contributed by atoms with E-state index in [0.717, 1.165) is 150 Å². The van der Waals surface area contributed by atoms with Gasteiger partial charge in [0.25, 0.3) is 0 Å². The molecule has 8 unspecified atom stereocenters. The Morgan fingerprint density at radius 2 is 0.630 bits per heavy atom. The number of carbonyl (C=O) groups is 3. The fourth-order valence-corrected chi connectivity index (χ4v) is 19.0. The van der Waals surface area contributed by atoms with Crippen LogP contribution in [0, 0.1) is 0 Å². The lowest BCUT2D eigenvalue weighted by atomic mass is 9.94. The average molecular weight is 1860 g/mol. The number of benzene rings is 6. The summed E-state index contributed by atoms with van der Waals surface area (Å²) in [5.74, 6) is 0. The van der Waals surface area contributed by atoms with Gasteiger partial charge < -0.3 is 61.9 Å². The number of methoxy groups -OCH3 is 4. The Morgan fingerprint density at radius 1 is 0.378 bits per heavy atom. The van der Waals surface area contributed by atoms with E-state index in [-0.39, 0.29) is 105 Å². The molecule has 8 heterocycles. The summed E-state index contributed by atoms with van der Waals surface area (Å²) in [6, 6.07) is 56.5. The highest BCUT2D eigenvalue weighted by atomic mass is 35.5. The first-order valence-electron chi connectivity index (χ1n) is 45.5. The van der Waals surface area contributed by atoms with Crippen LogP contribution in [-0.2, 0) is 90.9 Å². The Balaban J connectivity index is 0.000000186. The van der Waals surface area contributed by atoms with Crippen LogP contribution in [0.3, 0.4) is 0 Å². The second-order valence-electron chi connectivity index (χ2n) is 33.7. The molecule has 0 bridgehead atoms. The van der Waals surface area contributed by atoms with Crippen molar-refractivity contribution >= 4 is 75.6 Å². The molecule has 6 aromatic carbocycles. The lowest BCUT2D eigenvalue weighted by Gasteiger charge is -2.49. The number of hydrogen-bond acceptors (Lipinski definition) is 20. The maximum absolute atomic E-state index is 12.2. The molecule has 0 aliphatic carbocycles. The van der Waals surface area contributed by atoms with Gasteiger partial charge in [-0.1, -0.05) is 207 Å². The van der Waals surface area contributed by atoms with E-state index in [9.17, 15) is 14.4 Å².